The topological polar surface area (TPSA) is 96.8 Å². The number of likely N-dealkylation sites (tertiary alicyclic amines) is 1. The molecule has 0 saturated carbocycles. The van der Waals surface area contributed by atoms with Crippen LogP contribution in [0.25, 0.3) is 10.9 Å². The molecule has 6 nitrogen and oxygen atoms in total. The van der Waals surface area contributed by atoms with Gasteiger partial charge in [-0.3, -0.25) is 0 Å². The van der Waals surface area contributed by atoms with Crippen molar-refractivity contribution >= 4 is 30.3 Å². The Hall–Kier alpha value is -0.880. The Morgan fingerprint density at radius 2 is 2.00 bits per heavy atom. The molecular formula is C18H26ClN2O4P. The number of likely N-dealkylation sites (N-methyl/N-ethyl adjacent to an activating group) is 1. The maximum atomic E-state index is 8.88. The first-order valence-corrected chi connectivity index (χ1v) is 10.7. The van der Waals surface area contributed by atoms with Crippen molar-refractivity contribution in [2.75, 3.05) is 13.6 Å². The molecule has 2 heterocycles. The molecule has 4 N–H and O–H groups in total. The Balaban J connectivity index is 0.000000349. The van der Waals surface area contributed by atoms with Crippen molar-refractivity contribution < 1.29 is 19.2 Å². The Labute approximate surface area is 158 Å². The predicted octanol–water partition coefficient (Wildman–Crippen LogP) is 3.22. The van der Waals surface area contributed by atoms with Crippen molar-refractivity contribution in [2.24, 2.45) is 5.92 Å². The van der Waals surface area contributed by atoms with Crippen LogP contribution in [-0.4, -0.2) is 49.1 Å². The van der Waals surface area contributed by atoms with Crippen molar-refractivity contribution in [3.05, 3.63) is 35.5 Å². The van der Waals surface area contributed by atoms with E-state index in [0.29, 0.717) is 17.9 Å². The molecular weight excluding hydrogens is 375 g/mol. The molecule has 1 aliphatic heterocycles. The predicted molar refractivity (Wildman–Crippen MR) is 103 cm³/mol. The molecule has 1 aliphatic carbocycles. The molecule has 144 valence electrons. The number of hydrogen-bond donors (Lipinski definition) is 4. The minimum Gasteiger partial charge on any atom is -0.361 e. The summed E-state index contributed by atoms with van der Waals surface area (Å²) in [6.45, 7) is 5.50. The number of rotatable bonds is 1. The molecule has 0 spiro atoms. The number of nitrogens with zero attached hydrogens (tertiary/aromatic N) is 1. The zero-order chi connectivity index (χ0) is 19.3. The zero-order valence-electron chi connectivity index (χ0n) is 15.2. The van der Waals surface area contributed by atoms with Gasteiger partial charge in [0.15, 0.2) is 0 Å². The molecule has 4 rings (SSSR count). The third kappa shape index (κ3) is 3.86. The summed E-state index contributed by atoms with van der Waals surface area (Å²) < 4.78 is 8.88. The van der Waals surface area contributed by atoms with Gasteiger partial charge in [0.25, 0.3) is 0 Å². The standard InChI is InChI=1S/C18H23ClN2.H3O4P/c1-11(2)18(19)8-14-13-5-4-6-15-17(13)12(9-20-15)7-16(14)21(3)10-18;1-5(2,3)4/h4-6,9,11,14,16,20H,7-8,10H2,1-3H3;(H3,1,2,3,4)/t14-,16-,18-;/m1./s1. The number of hydrogen-bond acceptors (Lipinski definition) is 2. The molecule has 0 bridgehead atoms. The molecule has 1 aromatic carbocycles. The summed E-state index contributed by atoms with van der Waals surface area (Å²) in [4.78, 5) is 27.4. The number of halogens is 1. The number of H-pyrrole nitrogens is 1. The van der Waals surface area contributed by atoms with E-state index in [-0.39, 0.29) is 4.87 Å². The zero-order valence-corrected chi connectivity index (χ0v) is 16.8. The summed E-state index contributed by atoms with van der Waals surface area (Å²) in [7, 11) is -2.39. The molecule has 0 unspecified atom stereocenters. The van der Waals surface area contributed by atoms with Crippen molar-refractivity contribution in [1.82, 2.24) is 9.88 Å². The first-order chi connectivity index (χ1) is 12.0. The van der Waals surface area contributed by atoms with Gasteiger partial charge in [-0.05, 0) is 43.0 Å². The monoisotopic (exact) mass is 400 g/mol. The number of nitrogens with one attached hydrogen (secondary N) is 1. The molecule has 1 fully saturated rings. The van der Waals surface area contributed by atoms with Crippen molar-refractivity contribution in [1.29, 1.82) is 0 Å². The molecule has 1 saturated heterocycles. The minimum atomic E-state index is -4.64. The molecule has 8 heteroatoms. The van der Waals surface area contributed by atoms with Crippen LogP contribution in [0.5, 0.6) is 0 Å². The molecule has 2 aliphatic rings. The van der Waals surface area contributed by atoms with Crippen LogP contribution in [0.1, 0.15) is 37.3 Å². The highest BCUT2D eigenvalue weighted by atomic mass is 35.5. The Morgan fingerprint density at radius 1 is 1.35 bits per heavy atom. The second kappa shape index (κ2) is 6.93. The highest BCUT2D eigenvalue weighted by Gasteiger charge is 2.46. The molecule has 0 radical (unpaired) electrons. The Bertz CT molecular complexity index is 841. The van der Waals surface area contributed by atoms with Crippen LogP contribution >= 0.6 is 19.4 Å². The van der Waals surface area contributed by atoms with E-state index >= 15 is 0 Å². The SMILES string of the molecule is CC(C)[C@@]1(Cl)C[C@@H]2c3cccc4[nH]cc(c34)C[C@H]2N(C)C1.O=P(O)(O)O. The van der Waals surface area contributed by atoms with Crippen LogP contribution in [0.15, 0.2) is 24.4 Å². The number of aromatic nitrogens is 1. The fourth-order valence-corrected chi connectivity index (χ4v) is 4.77. The van der Waals surface area contributed by atoms with Crippen LogP contribution in [-0.2, 0) is 11.0 Å². The van der Waals surface area contributed by atoms with E-state index in [1.807, 2.05) is 0 Å². The van der Waals surface area contributed by atoms with Crippen LogP contribution in [0.3, 0.4) is 0 Å². The minimum absolute atomic E-state index is 0.105. The van der Waals surface area contributed by atoms with Gasteiger partial charge < -0.3 is 24.6 Å². The van der Waals surface area contributed by atoms with E-state index in [2.05, 4.69) is 55.2 Å². The quantitative estimate of drug-likeness (QED) is 0.435. The van der Waals surface area contributed by atoms with Gasteiger partial charge in [-0.1, -0.05) is 26.0 Å². The third-order valence-corrected chi connectivity index (χ3v) is 6.50. The van der Waals surface area contributed by atoms with Gasteiger partial charge >= 0.3 is 7.82 Å². The lowest BCUT2D eigenvalue weighted by atomic mass is 9.70. The molecule has 0 amide bonds. The van der Waals surface area contributed by atoms with E-state index in [9.17, 15) is 0 Å². The Morgan fingerprint density at radius 3 is 2.62 bits per heavy atom. The lowest BCUT2D eigenvalue weighted by Crippen LogP contribution is -2.55. The van der Waals surface area contributed by atoms with Gasteiger partial charge in [0, 0.05) is 35.6 Å². The lowest BCUT2D eigenvalue weighted by molar-refractivity contribution is 0.105. The second-order valence-corrected chi connectivity index (χ2v) is 9.56. The maximum Gasteiger partial charge on any atom is 0.466 e. The molecule has 2 aromatic rings. The van der Waals surface area contributed by atoms with Crippen LogP contribution in [0.2, 0.25) is 0 Å². The van der Waals surface area contributed by atoms with Gasteiger partial charge in [0.2, 0.25) is 0 Å². The average Bonchev–Trinajstić information content (AvgIpc) is 2.92. The summed E-state index contributed by atoms with van der Waals surface area (Å²) in [5.41, 5.74) is 4.25. The lowest BCUT2D eigenvalue weighted by Gasteiger charge is -2.50. The van der Waals surface area contributed by atoms with Crippen LogP contribution in [0, 0.1) is 5.92 Å². The van der Waals surface area contributed by atoms with E-state index in [1.165, 1.54) is 22.0 Å². The van der Waals surface area contributed by atoms with Crippen molar-refractivity contribution in [3.63, 3.8) is 0 Å². The Kier molecular flexibility index (Phi) is 5.30. The van der Waals surface area contributed by atoms with Crippen LogP contribution < -0.4 is 0 Å². The summed E-state index contributed by atoms with van der Waals surface area (Å²) in [6.07, 6.45) is 4.43. The van der Waals surface area contributed by atoms with Crippen molar-refractivity contribution in [3.8, 4) is 0 Å². The van der Waals surface area contributed by atoms with E-state index in [4.69, 9.17) is 30.8 Å². The first kappa shape index (κ1) is 19.9. The van der Waals surface area contributed by atoms with Gasteiger partial charge in [-0.25, -0.2) is 4.57 Å². The normalized spacial score (nSPS) is 28.6. The summed E-state index contributed by atoms with van der Waals surface area (Å²) in [6, 6.07) is 7.27. The van der Waals surface area contributed by atoms with E-state index in [0.717, 1.165) is 19.4 Å². The number of phosphoric acid groups is 1. The highest BCUT2D eigenvalue weighted by Crippen LogP contribution is 2.49. The maximum absolute atomic E-state index is 8.88. The van der Waals surface area contributed by atoms with Crippen molar-refractivity contribution in [2.45, 2.75) is 43.5 Å². The number of alkyl halides is 1. The van der Waals surface area contributed by atoms with Gasteiger partial charge in [0.05, 0.1) is 4.87 Å². The second-order valence-electron chi connectivity index (χ2n) is 7.78. The fourth-order valence-electron chi connectivity index (χ4n) is 4.42. The number of aromatic amines is 1. The smallest absolute Gasteiger partial charge is 0.361 e. The highest BCUT2D eigenvalue weighted by molar-refractivity contribution is 7.45. The van der Waals surface area contributed by atoms with Crippen LogP contribution in [0.4, 0.5) is 0 Å². The summed E-state index contributed by atoms with van der Waals surface area (Å²) >= 11 is 7.01. The number of benzene rings is 1. The largest absolute Gasteiger partial charge is 0.466 e. The fraction of sp³-hybridized carbons (Fsp3) is 0.556. The summed E-state index contributed by atoms with van der Waals surface area (Å²) in [5, 5.41) is 1.46. The number of fused-ring (bicyclic) bond motifs is 2. The first-order valence-electron chi connectivity index (χ1n) is 8.76. The molecule has 3 atom stereocenters. The number of piperidine rings is 1. The summed E-state index contributed by atoms with van der Waals surface area (Å²) in [5.74, 6) is 1.05. The van der Waals surface area contributed by atoms with Gasteiger partial charge in [-0.2, -0.15) is 0 Å². The molecule has 26 heavy (non-hydrogen) atoms. The van der Waals surface area contributed by atoms with E-state index in [1.54, 1.807) is 0 Å². The third-order valence-electron chi connectivity index (χ3n) is 5.79. The van der Waals surface area contributed by atoms with Gasteiger partial charge in [0.1, 0.15) is 0 Å². The average molecular weight is 401 g/mol. The van der Waals surface area contributed by atoms with Gasteiger partial charge in [-0.15, -0.1) is 11.6 Å². The molecule has 1 aromatic heterocycles. The van der Waals surface area contributed by atoms with E-state index < -0.39 is 7.82 Å².